The lowest BCUT2D eigenvalue weighted by Gasteiger charge is -1.99. The number of thiazole rings is 1. The smallest absolute Gasteiger partial charge is 0.274 e. The number of aromatic amines is 2. The molecule has 0 saturated heterocycles. The van der Waals surface area contributed by atoms with Gasteiger partial charge in [-0.15, -0.1) is 11.3 Å². The predicted octanol–water partition coefficient (Wildman–Crippen LogP) is 2.47. The first-order valence-electron chi connectivity index (χ1n) is 6.71. The second kappa shape index (κ2) is 6.29. The molecule has 0 saturated carbocycles. The Labute approximate surface area is 135 Å². The minimum atomic E-state index is -0.235. The molecule has 0 amide bonds. The molecular formula is C15H12N6OS. The van der Waals surface area contributed by atoms with Crippen molar-refractivity contribution in [1.82, 2.24) is 15.2 Å². The number of nitriles is 1. The van der Waals surface area contributed by atoms with Crippen LogP contribution in [0.15, 0.2) is 45.6 Å². The third-order valence-corrected chi connectivity index (χ3v) is 3.96. The van der Waals surface area contributed by atoms with Gasteiger partial charge in [-0.3, -0.25) is 15.3 Å². The van der Waals surface area contributed by atoms with E-state index in [4.69, 9.17) is 0 Å². The Bertz CT molecular complexity index is 944. The SMILES string of the molecule is Cc1[nH][nH]c(=O)c1-c1nc(/C(C#N)=N/Nc2ccccc2)cs1. The summed E-state index contributed by atoms with van der Waals surface area (Å²) in [5, 5.41) is 20.9. The van der Waals surface area contributed by atoms with E-state index in [1.54, 1.807) is 12.3 Å². The molecule has 0 spiro atoms. The molecule has 0 unspecified atom stereocenters. The van der Waals surface area contributed by atoms with Crippen LogP contribution < -0.4 is 11.0 Å². The number of hydrogen-bond acceptors (Lipinski definition) is 6. The Morgan fingerprint density at radius 2 is 2.13 bits per heavy atom. The number of anilines is 1. The fourth-order valence-electron chi connectivity index (χ4n) is 1.97. The Kier molecular flexibility index (Phi) is 4.03. The van der Waals surface area contributed by atoms with Crippen molar-refractivity contribution in [2.24, 2.45) is 5.10 Å². The molecule has 1 aromatic carbocycles. The lowest BCUT2D eigenvalue weighted by Crippen LogP contribution is -2.04. The van der Waals surface area contributed by atoms with Crippen molar-refractivity contribution in [3.63, 3.8) is 0 Å². The molecule has 2 aromatic heterocycles. The monoisotopic (exact) mass is 324 g/mol. The molecule has 114 valence electrons. The van der Waals surface area contributed by atoms with E-state index in [1.165, 1.54) is 11.3 Å². The summed E-state index contributed by atoms with van der Waals surface area (Å²) in [6, 6.07) is 11.3. The molecule has 0 bridgehead atoms. The standard InChI is InChI=1S/C15H12N6OS/c1-9-13(14(22)21-18-9)15-17-12(8-23-15)11(7-16)20-19-10-5-3-2-4-6-10/h2-6,8,19H,1H3,(H2,18,21,22)/b20-11+. The highest BCUT2D eigenvalue weighted by atomic mass is 32.1. The van der Waals surface area contributed by atoms with E-state index < -0.39 is 0 Å². The van der Waals surface area contributed by atoms with Crippen molar-refractivity contribution < 1.29 is 0 Å². The average Bonchev–Trinajstić information content (AvgIpc) is 3.16. The van der Waals surface area contributed by atoms with E-state index in [9.17, 15) is 10.1 Å². The summed E-state index contributed by atoms with van der Waals surface area (Å²) in [5.74, 6) is 0. The summed E-state index contributed by atoms with van der Waals surface area (Å²) >= 11 is 1.29. The van der Waals surface area contributed by atoms with Crippen LogP contribution in [0.1, 0.15) is 11.4 Å². The van der Waals surface area contributed by atoms with Crippen LogP contribution in [0.3, 0.4) is 0 Å². The number of aryl methyl sites for hydroxylation is 1. The van der Waals surface area contributed by atoms with Gasteiger partial charge in [0.05, 0.1) is 11.3 Å². The summed E-state index contributed by atoms with van der Waals surface area (Å²) in [4.78, 5) is 16.1. The molecular weight excluding hydrogens is 312 g/mol. The van der Waals surface area contributed by atoms with E-state index in [2.05, 4.69) is 25.7 Å². The van der Waals surface area contributed by atoms with E-state index in [0.717, 1.165) is 5.69 Å². The fraction of sp³-hybridized carbons (Fsp3) is 0.0667. The number of aromatic nitrogens is 3. The second-order valence-electron chi connectivity index (χ2n) is 4.67. The maximum atomic E-state index is 11.8. The molecule has 23 heavy (non-hydrogen) atoms. The summed E-state index contributed by atoms with van der Waals surface area (Å²) in [6.45, 7) is 1.78. The van der Waals surface area contributed by atoms with Crippen LogP contribution >= 0.6 is 11.3 Å². The highest BCUT2D eigenvalue weighted by Gasteiger charge is 2.15. The van der Waals surface area contributed by atoms with Gasteiger partial charge in [-0.2, -0.15) is 10.4 Å². The number of nitrogens with one attached hydrogen (secondary N) is 3. The molecule has 0 radical (unpaired) electrons. The first kappa shape index (κ1) is 14.7. The number of para-hydroxylation sites is 1. The lowest BCUT2D eigenvalue weighted by molar-refractivity contribution is 1.02. The summed E-state index contributed by atoms with van der Waals surface area (Å²) in [7, 11) is 0. The zero-order valence-corrected chi connectivity index (χ0v) is 12.9. The Morgan fingerprint density at radius 1 is 1.35 bits per heavy atom. The van der Waals surface area contributed by atoms with Gasteiger partial charge in [-0.05, 0) is 19.1 Å². The molecule has 0 fully saturated rings. The third kappa shape index (κ3) is 3.04. The summed E-state index contributed by atoms with van der Waals surface area (Å²) < 4.78 is 0. The summed E-state index contributed by atoms with van der Waals surface area (Å²) in [5.41, 5.74) is 5.12. The molecule has 3 rings (SSSR count). The van der Waals surface area contributed by atoms with Gasteiger partial charge in [-0.25, -0.2) is 4.98 Å². The minimum Gasteiger partial charge on any atom is -0.302 e. The normalized spacial score (nSPS) is 11.2. The van der Waals surface area contributed by atoms with Gasteiger partial charge in [0, 0.05) is 11.1 Å². The molecule has 0 aliphatic carbocycles. The second-order valence-corrected chi connectivity index (χ2v) is 5.53. The molecule has 0 aliphatic rings. The number of H-pyrrole nitrogens is 2. The van der Waals surface area contributed by atoms with E-state index >= 15 is 0 Å². The van der Waals surface area contributed by atoms with Crippen LogP contribution in [0.4, 0.5) is 5.69 Å². The highest BCUT2D eigenvalue weighted by molar-refractivity contribution is 7.13. The zero-order chi connectivity index (χ0) is 16.2. The van der Waals surface area contributed by atoms with Gasteiger partial charge < -0.3 is 5.10 Å². The zero-order valence-electron chi connectivity index (χ0n) is 12.1. The molecule has 0 aliphatic heterocycles. The van der Waals surface area contributed by atoms with Crippen molar-refractivity contribution in [1.29, 1.82) is 5.26 Å². The first-order valence-corrected chi connectivity index (χ1v) is 7.59. The van der Waals surface area contributed by atoms with Crippen LogP contribution in [0.2, 0.25) is 0 Å². The number of hydrogen-bond donors (Lipinski definition) is 3. The molecule has 0 atom stereocenters. The topological polar surface area (TPSA) is 110 Å². The van der Waals surface area contributed by atoms with Crippen molar-refractivity contribution in [2.75, 3.05) is 5.43 Å². The van der Waals surface area contributed by atoms with Crippen molar-refractivity contribution in [2.45, 2.75) is 6.92 Å². The van der Waals surface area contributed by atoms with Gasteiger partial charge >= 0.3 is 0 Å². The van der Waals surface area contributed by atoms with Crippen molar-refractivity contribution >= 4 is 22.7 Å². The Balaban J connectivity index is 1.89. The number of nitrogens with zero attached hydrogens (tertiary/aromatic N) is 3. The molecule has 3 aromatic rings. The lowest BCUT2D eigenvalue weighted by atomic mass is 10.2. The number of rotatable bonds is 4. The van der Waals surface area contributed by atoms with Crippen molar-refractivity contribution in [3.8, 4) is 16.6 Å². The summed E-state index contributed by atoms with van der Waals surface area (Å²) in [6.07, 6.45) is 0. The van der Waals surface area contributed by atoms with Crippen LogP contribution in [0, 0.1) is 18.3 Å². The fourth-order valence-corrected chi connectivity index (χ4v) is 2.88. The Hall–Kier alpha value is -3.18. The average molecular weight is 324 g/mol. The maximum Gasteiger partial charge on any atom is 0.274 e. The third-order valence-electron chi connectivity index (χ3n) is 3.10. The van der Waals surface area contributed by atoms with Gasteiger partial charge in [0.15, 0.2) is 5.71 Å². The van der Waals surface area contributed by atoms with E-state index in [1.807, 2.05) is 36.4 Å². The van der Waals surface area contributed by atoms with Crippen LogP contribution in [0.5, 0.6) is 0 Å². The predicted molar refractivity (Wildman–Crippen MR) is 89.5 cm³/mol. The molecule has 7 nitrogen and oxygen atoms in total. The first-order chi connectivity index (χ1) is 11.2. The minimum absolute atomic E-state index is 0.154. The molecule has 3 N–H and O–H groups in total. The van der Waals surface area contributed by atoms with Crippen molar-refractivity contribution in [3.05, 3.63) is 57.5 Å². The maximum absolute atomic E-state index is 11.8. The quantitative estimate of drug-likeness (QED) is 0.506. The number of hydrazone groups is 1. The highest BCUT2D eigenvalue weighted by Crippen LogP contribution is 2.23. The van der Waals surface area contributed by atoms with E-state index in [-0.39, 0.29) is 11.3 Å². The Morgan fingerprint density at radius 3 is 2.78 bits per heavy atom. The van der Waals surface area contributed by atoms with Crippen LogP contribution in [0.25, 0.3) is 10.6 Å². The number of benzene rings is 1. The van der Waals surface area contributed by atoms with Gasteiger partial charge in [0.25, 0.3) is 5.56 Å². The largest absolute Gasteiger partial charge is 0.302 e. The molecule has 2 heterocycles. The van der Waals surface area contributed by atoms with Crippen LogP contribution in [-0.4, -0.2) is 20.9 Å². The van der Waals surface area contributed by atoms with E-state index in [0.29, 0.717) is 22.0 Å². The van der Waals surface area contributed by atoms with Gasteiger partial charge in [0.2, 0.25) is 0 Å². The molecule has 8 heteroatoms. The van der Waals surface area contributed by atoms with Crippen LogP contribution in [-0.2, 0) is 0 Å². The van der Waals surface area contributed by atoms with Gasteiger partial charge in [-0.1, -0.05) is 18.2 Å². The van der Waals surface area contributed by atoms with Gasteiger partial charge in [0.1, 0.15) is 16.8 Å².